The molecule has 94 valence electrons. The van der Waals surface area contributed by atoms with Gasteiger partial charge in [-0.3, -0.25) is 4.79 Å². The molecule has 1 aliphatic carbocycles. The van der Waals surface area contributed by atoms with Gasteiger partial charge in [-0.15, -0.1) is 11.3 Å². The van der Waals surface area contributed by atoms with E-state index in [2.05, 4.69) is 21.2 Å². The molecule has 1 aliphatic rings. The van der Waals surface area contributed by atoms with Crippen LogP contribution >= 0.6 is 27.3 Å². The topological polar surface area (TPSA) is 49.3 Å². The van der Waals surface area contributed by atoms with Crippen molar-refractivity contribution in [2.45, 2.75) is 37.7 Å². The normalized spacial score (nSPS) is 18.9. The Morgan fingerprint density at radius 1 is 1.41 bits per heavy atom. The van der Waals surface area contributed by atoms with Crippen LogP contribution in [0.3, 0.4) is 0 Å². The molecule has 2 N–H and O–H groups in total. The molecule has 1 aromatic heterocycles. The summed E-state index contributed by atoms with van der Waals surface area (Å²) >= 11 is 4.73. The molecular formula is C12H16BrNO2S. The molecule has 0 saturated heterocycles. The molecule has 5 heteroatoms. The first-order valence-electron chi connectivity index (χ1n) is 5.85. The van der Waals surface area contributed by atoms with Crippen LogP contribution in [0.15, 0.2) is 15.9 Å². The number of halogens is 1. The Bertz CT molecular complexity index is 399. The van der Waals surface area contributed by atoms with Gasteiger partial charge in [0, 0.05) is 6.54 Å². The van der Waals surface area contributed by atoms with Gasteiger partial charge in [0.05, 0.1) is 14.3 Å². The van der Waals surface area contributed by atoms with Gasteiger partial charge in [-0.25, -0.2) is 0 Å². The van der Waals surface area contributed by atoms with Gasteiger partial charge in [0.25, 0.3) is 5.91 Å². The lowest BCUT2D eigenvalue weighted by Gasteiger charge is -2.32. The summed E-state index contributed by atoms with van der Waals surface area (Å²) in [5, 5.41) is 13.1. The Labute approximate surface area is 113 Å². The Kier molecular flexibility index (Phi) is 4.22. The number of carbonyl (C=O) groups is 1. The number of aliphatic hydroxyl groups is 1. The van der Waals surface area contributed by atoms with E-state index in [1.807, 2.05) is 6.07 Å². The summed E-state index contributed by atoms with van der Waals surface area (Å²) in [5.74, 6) is -0.0975. The quantitative estimate of drug-likeness (QED) is 0.900. The number of hydrogen-bond acceptors (Lipinski definition) is 3. The molecule has 3 nitrogen and oxygen atoms in total. The number of rotatable bonds is 3. The molecule has 1 saturated carbocycles. The molecule has 1 amide bonds. The fraction of sp³-hybridized carbons (Fsp3) is 0.583. The zero-order valence-electron chi connectivity index (χ0n) is 9.54. The summed E-state index contributed by atoms with van der Waals surface area (Å²) in [6, 6.07) is 3.64. The van der Waals surface area contributed by atoms with Crippen LogP contribution in [0.4, 0.5) is 0 Å². The average molecular weight is 318 g/mol. The Morgan fingerprint density at radius 2 is 2.12 bits per heavy atom. The molecule has 0 radical (unpaired) electrons. The van der Waals surface area contributed by atoms with Crippen LogP contribution in [0, 0.1) is 0 Å². The summed E-state index contributed by atoms with van der Waals surface area (Å²) in [6.45, 7) is 0.362. The molecule has 0 bridgehead atoms. The van der Waals surface area contributed by atoms with E-state index >= 15 is 0 Å². The van der Waals surface area contributed by atoms with Gasteiger partial charge < -0.3 is 10.4 Å². The smallest absolute Gasteiger partial charge is 0.261 e. The molecule has 0 aromatic carbocycles. The number of thiophene rings is 1. The zero-order chi connectivity index (χ0) is 12.3. The van der Waals surface area contributed by atoms with Crippen molar-refractivity contribution in [2.24, 2.45) is 0 Å². The SMILES string of the molecule is O=C(NCC1(O)CCCCC1)c1ccc(Br)s1. The molecular weight excluding hydrogens is 302 g/mol. The van der Waals surface area contributed by atoms with E-state index in [1.54, 1.807) is 6.07 Å². The third-order valence-electron chi connectivity index (χ3n) is 3.16. The molecule has 1 aromatic rings. The average Bonchev–Trinajstić information content (AvgIpc) is 2.74. The van der Waals surface area contributed by atoms with E-state index in [1.165, 1.54) is 17.8 Å². The summed E-state index contributed by atoms with van der Waals surface area (Å²) in [5.41, 5.74) is -0.692. The van der Waals surface area contributed by atoms with Crippen molar-refractivity contribution < 1.29 is 9.90 Å². The summed E-state index contributed by atoms with van der Waals surface area (Å²) in [6.07, 6.45) is 4.88. The maximum Gasteiger partial charge on any atom is 0.261 e. The molecule has 0 spiro atoms. The Hall–Kier alpha value is -0.390. The van der Waals surface area contributed by atoms with Gasteiger partial charge in [-0.05, 0) is 40.9 Å². The molecule has 0 atom stereocenters. The second kappa shape index (κ2) is 5.50. The van der Waals surface area contributed by atoms with Crippen LogP contribution in [0.2, 0.25) is 0 Å². The van der Waals surface area contributed by atoms with E-state index in [4.69, 9.17) is 0 Å². The monoisotopic (exact) mass is 317 g/mol. The Morgan fingerprint density at radius 3 is 2.71 bits per heavy atom. The number of hydrogen-bond donors (Lipinski definition) is 2. The van der Waals surface area contributed by atoms with Gasteiger partial charge in [-0.2, -0.15) is 0 Å². The number of amides is 1. The van der Waals surface area contributed by atoms with Crippen LogP contribution < -0.4 is 5.32 Å². The minimum absolute atomic E-state index is 0.0975. The molecule has 1 heterocycles. The molecule has 2 rings (SSSR count). The highest BCUT2D eigenvalue weighted by molar-refractivity contribution is 9.11. The molecule has 1 fully saturated rings. The van der Waals surface area contributed by atoms with E-state index in [-0.39, 0.29) is 5.91 Å². The van der Waals surface area contributed by atoms with Gasteiger partial charge in [0.15, 0.2) is 0 Å². The Balaban J connectivity index is 1.87. The van der Waals surface area contributed by atoms with Crippen LogP contribution in [0.5, 0.6) is 0 Å². The molecule has 17 heavy (non-hydrogen) atoms. The fourth-order valence-corrected chi connectivity index (χ4v) is 3.46. The molecule has 0 unspecified atom stereocenters. The van der Waals surface area contributed by atoms with Crippen molar-refractivity contribution in [3.63, 3.8) is 0 Å². The van der Waals surface area contributed by atoms with Gasteiger partial charge in [0.1, 0.15) is 0 Å². The second-order valence-electron chi connectivity index (χ2n) is 4.57. The summed E-state index contributed by atoms with van der Waals surface area (Å²) in [4.78, 5) is 12.5. The first kappa shape index (κ1) is 13.1. The van der Waals surface area contributed by atoms with Gasteiger partial charge in [0.2, 0.25) is 0 Å². The standard InChI is InChI=1S/C12H16BrNO2S/c13-10-5-4-9(17-10)11(15)14-8-12(16)6-2-1-3-7-12/h4-5,16H,1-3,6-8H2,(H,14,15). The summed E-state index contributed by atoms with van der Waals surface area (Å²) < 4.78 is 0.944. The summed E-state index contributed by atoms with van der Waals surface area (Å²) in [7, 11) is 0. The second-order valence-corrected chi connectivity index (χ2v) is 7.03. The number of carbonyl (C=O) groups excluding carboxylic acids is 1. The maximum absolute atomic E-state index is 11.8. The first-order valence-corrected chi connectivity index (χ1v) is 7.46. The van der Waals surface area contributed by atoms with Gasteiger partial charge in [-0.1, -0.05) is 19.3 Å². The highest BCUT2D eigenvalue weighted by Crippen LogP contribution is 2.27. The van der Waals surface area contributed by atoms with Crippen LogP contribution in [0.1, 0.15) is 41.8 Å². The van der Waals surface area contributed by atoms with Crippen molar-refractivity contribution in [2.75, 3.05) is 6.54 Å². The lowest BCUT2D eigenvalue weighted by Crippen LogP contribution is -2.44. The largest absolute Gasteiger partial charge is 0.388 e. The van der Waals surface area contributed by atoms with E-state index < -0.39 is 5.60 Å². The molecule has 0 aliphatic heterocycles. The first-order chi connectivity index (χ1) is 8.09. The highest BCUT2D eigenvalue weighted by atomic mass is 79.9. The van der Waals surface area contributed by atoms with Crippen molar-refractivity contribution in [1.29, 1.82) is 0 Å². The van der Waals surface area contributed by atoms with Crippen LogP contribution in [-0.4, -0.2) is 23.2 Å². The fourth-order valence-electron chi connectivity index (χ4n) is 2.15. The predicted molar refractivity (Wildman–Crippen MR) is 72.4 cm³/mol. The minimum atomic E-state index is -0.692. The van der Waals surface area contributed by atoms with Crippen LogP contribution in [0.25, 0.3) is 0 Å². The van der Waals surface area contributed by atoms with Crippen molar-refractivity contribution in [1.82, 2.24) is 5.32 Å². The van der Waals surface area contributed by atoms with Crippen molar-refractivity contribution in [3.05, 3.63) is 20.8 Å². The third-order valence-corrected chi connectivity index (χ3v) is 4.78. The maximum atomic E-state index is 11.8. The lowest BCUT2D eigenvalue weighted by atomic mass is 9.85. The predicted octanol–water partition coefficient (Wildman–Crippen LogP) is 2.94. The van der Waals surface area contributed by atoms with Crippen molar-refractivity contribution >= 4 is 33.2 Å². The zero-order valence-corrected chi connectivity index (χ0v) is 11.9. The third kappa shape index (κ3) is 3.53. The van der Waals surface area contributed by atoms with Gasteiger partial charge >= 0.3 is 0 Å². The van der Waals surface area contributed by atoms with Crippen molar-refractivity contribution in [3.8, 4) is 0 Å². The van der Waals surface area contributed by atoms with E-state index in [9.17, 15) is 9.90 Å². The lowest BCUT2D eigenvalue weighted by molar-refractivity contribution is 0.00529. The van der Waals surface area contributed by atoms with Crippen LogP contribution in [-0.2, 0) is 0 Å². The number of nitrogens with one attached hydrogen (secondary N) is 1. The van der Waals surface area contributed by atoms with E-state index in [0.717, 1.165) is 29.5 Å². The van der Waals surface area contributed by atoms with E-state index in [0.29, 0.717) is 11.4 Å². The minimum Gasteiger partial charge on any atom is -0.388 e. The highest BCUT2D eigenvalue weighted by Gasteiger charge is 2.29.